The Labute approximate surface area is 248 Å². The van der Waals surface area contributed by atoms with Crippen LogP contribution in [0.3, 0.4) is 0 Å². The number of hydrogen-bond donors (Lipinski definition) is 0. The van der Waals surface area contributed by atoms with Gasteiger partial charge in [-0.1, -0.05) is 112 Å². The number of ketones is 1. The molecule has 0 heterocycles. The minimum absolute atomic E-state index is 0.0359. The Kier molecular flexibility index (Phi) is 11.8. The van der Waals surface area contributed by atoms with Crippen molar-refractivity contribution in [1.82, 2.24) is 0 Å². The Morgan fingerprint density at radius 1 is 0.780 bits per heavy atom. The lowest BCUT2D eigenvalue weighted by molar-refractivity contribution is -0.113. The molecule has 0 aliphatic rings. The van der Waals surface area contributed by atoms with Crippen LogP contribution in [0, 0.1) is 0 Å². The molecule has 0 saturated heterocycles. The fourth-order valence-corrected chi connectivity index (χ4v) is 11.8. The Balaban J connectivity index is 2.18. The lowest BCUT2D eigenvalue weighted by atomic mass is 10.2. The van der Waals surface area contributed by atoms with E-state index in [1.165, 1.54) is 0 Å². The van der Waals surface area contributed by atoms with Crippen LogP contribution in [0.15, 0.2) is 91.0 Å². The molecule has 0 spiro atoms. The summed E-state index contributed by atoms with van der Waals surface area (Å²) in [7, 11) is -5.78. The minimum atomic E-state index is -3.46. The zero-order chi connectivity index (χ0) is 30.2. The second-order valence-corrected chi connectivity index (χ2v) is 21.8. The smallest absolute Gasteiger partial charge is 0.333 e. The van der Waals surface area contributed by atoms with Gasteiger partial charge in [0.1, 0.15) is 0 Å². The quantitative estimate of drug-likeness (QED) is 0.140. The number of benzene rings is 3. The number of Topliss-reactive ketones (excluding diaryl/α,β-unsaturated/α-hetero) is 1. The summed E-state index contributed by atoms with van der Waals surface area (Å²) in [4.78, 5) is 14.3. The first-order chi connectivity index (χ1) is 19.4. The van der Waals surface area contributed by atoms with Gasteiger partial charge in [-0.05, 0) is 60.6 Å². The second kappa shape index (κ2) is 14.4. The van der Waals surface area contributed by atoms with Crippen molar-refractivity contribution in [3.05, 3.63) is 91.0 Å². The summed E-state index contributed by atoms with van der Waals surface area (Å²) >= 11 is 0. The molecule has 0 aliphatic carbocycles. The molecule has 0 fully saturated rings. The highest BCUT2D eigenvalue weighted by Gasteiger charge is 2.42. The maximum atomic E-state index is 14.3. The van der Waals surface area contributed by atoms with E-state index in [9.17, 15) is 9.36 Å². The van der Waals surface area contributed by atoms with Gasteiger partial charge in [-0.3, -0.25) is 9.36 Å². The maximum absolute atomic E-state index is 14.3. The molecule has 3 aromatic rings. The number of rotatable bonds is 14. The van der Waals surface area contributed by atoms with Gasteiger partial charge in [-0.15, -0.1) is 0 Å². The van der Waals surface area contributed by atoms with Gasteiger partial charge in [0, 0.05) is 6.42 Å². The Morgan fingerprint density at radius 2 is 1.17 bits per heavy atom. The summed E-state index contributed by atoms with van der Waals surface area (Å²) in [5, 5.41) is 3.21. The molecule has 41 heavy (non-hydrogen) atoms. The van der Waals surface area contributed by atoms with E-state index in [1.54, 1.807) is 13.8 Å². The number of carbonyl (C=O) groups is 1. The van der Waals surface area contributed by atoms with Gasteiger partial charge in [0.2, 0.25) is 0 Å². The van der Waals surface area contributed by atoms with E-state index < -0.39 is 28.9 Å². The molecule has 0 N–H and O–H groups in total. The van der Waals surface area contributed by atoms with Crippen LogP contribution >= 0.6 is 14.5 Å². The molecule has 0 bridgehead atoms. The summed E-state index contributed by atoms with van der Waals surface area (Å²) in [6, 6.07) is 30.8. The molecule has 0 amide bonds. The first-order valence-electron chi connectivity index (χ1n) is 14.4. The molecular formula is C33H46O5P2Si. The zero-order valence-corrected chi connectivity index (χ0v) is 28.4. The topological polar surface area (TPSA) is 61.8 Å². The highest BCUT2D eigenvalue weighted by Crippen LogP contribution is 2.50. The molecule has 0 aliphatic heterocycles. The summed E-state index contributed by atoms with van der Waals surface area (Å²) in [6.07, 6.45) is -0.480. The van der Waals surface area contributed by atoms with E-state index >= 15 is 0 Å². The molecule has 5 nitrogen and oxygen atoms in total. The zero-order valence-electron chi connectivity index (χ0n) is 25.6. The maximum Gasteiger partial charge on any atom is 0.333 e. The minimum Gasteiger partial charge on any atom is -0.413 e. The SMILES string of the molecule is CCOP(=O)(C[C@H](CC(=O)C=P(c1ccccc1)(c1ccccc1)c1ccccc1)O[Si](C)(C)C(C)(C)C)OCC. The standard InChI is InChI=1S/C33H46O5P2Si/c1-8-36-40(35,37-9-2)27-29(38-41(6,7)33(3,4)5)25-28(34)26-39(30-19-13-10-14-20-30,31-21-15-11-16-22-31)32-23-17-12-18-24-32/h10-24,26,29H,8-9,25,27H2,1-7H3/t29-/m0/s1. The molecule has 1 atom stereocenters. The third-order valence-electron chi connectivity index (χ3n) is 7.60. The first kappa shape index (κ1) is 33.5. The highest BCUT2D eigenvalue weighted by molar-refractivity contribution is 7.95. The van der Waals surface area contributed by atoms with Crippen LogP contribution in [0.1, 0.15) is 41.0 Å². The average molecular weight is 613 g/mol. The van der Waals surface area contributed by atoms with E-state index in [4.69, 9.17) is 13.5 Å². The van der Waals surface area contributed by atoms with Gasteiger partial charge < -0.3 is 13.5 Å². The predicted molar refractivity (Wildman–Crippen MR) is 179 cm³/mol. The molecule has 3 aromatic carbocycles. The number of carbonyl (C=O) groups excluding carboxylic acids is 1. The van der Waals surface area contributed by atoms with Crippen molar-refractivity contribution in [1.29, 1.82) is 0 Å². The van der Waals surface area contributed by atoms with Crippen molar-refractivity contribution in [3.8, 4) is 0 Å². The Bertz CT molecular complexity index is 1240. The highest BCUT2D eigenvalue weighted by atomic mass is 31.2. The summed E-state index contributed by atoms with van der Waals surface area (Å²) < 4.78 is 31.7. The van der Waals surface area contributed by atoms with E-state index in [-0.39, 0.29) is 36.6 Å². The summed E-state index contributed by atoms with van der Waals surface area (Å²) in [5.41, 5.74) is 0. The fraction of sp³-hybridized carbons (Fsp3) is 0.394. The van der Waals surface area contributed by atoms with E-state index in [1.807, 2.05) is 60.4 Å². The van der Waals surface area contributed by atoms with Gasteiger partial charge in [0.05, 0.1) is 25.5 Å². The van der Waals surface area contributed by atoms with E-state index in [0.29, 0.717) is 0 Å². The molecule has 222 valence electrons. The van der Waals surface area contributed by atoms with Crippen LogP contribution in [0.5, 0.6) is 0 Å². The predicted octanol–water partition coefficient (Wildman–Crippen LogP) is 7.40. The lowest BCUT2D eigenvalue weighted by Gasteiger charge is -2.39. The molecule has 0 aromatic heterocycles. The van der Waals surface area contributed by atoms with Crippen molar-refractivity contribution in [3.63, 3.8) is 0 Å². The summed E-state index contributed by atoms with van der Waals surface area (Å²) in [6.45, 7) is 12.4. The largest absolute Gasteiger partial charge is 0.413 e. The third kappa shape index (κ3) is 8.51. The monoisotopic (exact) mass is 612 g/mol. The van der Waals surface area contributed by atoms with Crippen LogP contribution in [0.25, 0.3) is 0 Å². The second-order valence-electron chi connectivity index (χ2n) is 11.7. The Hall–Kier alpha value is -2.04. The fourth-order valence-electron chi connectivity index (χ4n) is 4.68. The van der Waals surface area contributed by atoms with Gasteiger partial charge in [-0.2, -0.15) is 0 Å². The normalized spacial score (nSPS) is 13.5. The van der Waals surface area contributed by atoms with Crippen LogP contribution in [0.2, 0.25) is 18.1 Å². The molecule has 0 radical (unpaired) electrons. The van der Waals surface area contributed by atoms with Crippen molar-refractivity contribution in [2.45, 2.75) is 65.3 Å². The van der Waals surface area contributed by atoms with Gasteiger partial charge in [-0.25, -0.2) is 0 Å². The average Bonchev–Trinajstić information content (AvgIpc) is 2.92. The van der Waals surface area contributed by atoms with Gasteiger partial charge >= 0.3 is 7.60 Å². The van der Waals surface area contributed by atoms with Crippen molar-refractivity contribution in [2.75, 3.05) is 19.4 Å². The van der Waals surface area contributed by atoms with Crippen LogP contribution < -0.4 is 15.9 Å². The molecule has 8 heteroatoms. The van der Waals surface area contributed by atoms with Gasteiger partial charge in [0.25, 0.3) is 0 Å². The lowest BCUT2D eigenvalue weighted by Crippen LogP contribution is -2.45. The number of hydrogen-bond acceptors (Lipinski definition) is 5. The van der Waals surface area contributed by atoms with Crippen molar-refractivity contribution < 1.29 is 22.8 Å². The molecular weight excluding hydrogens is 566 g/mol. The van der Waals surface area contributed by atoms with E-state index in [2.05, 4.69) is 70.3 Å². The van der Waals surface area contributed by atoms with Crippen LogP contribution in [0.4, 0.5) is 0 Å². The van der Waals surface area contributed by atoms with E-state index in [0.717, 1.165) is 15.9 Å². The third-order valence-corrected chi connectivity index (χ3v) is 18.3. The van der Waals surface area contributed by atoms with Crippen LogP contribution in [-0.2, 0) is 22.8 Å². The summed E-state index contributed by atoms with van der Waals surface area (Å²) in [5.74, 6) is 1.89. The van der Waals surface area contributed by atoms with Crippen molar-refractivity contribution >= 4 is 50.3 Å². The first-order valence-corrected chi connectivity index (χ1v) is 20.9. The van der Waals surface area contributed by atoms with Crippen molar-refractivity contribution in [2.24, 2.45) is 0 Å². The molecule has 0 unspecified atom stereocenters. The van der Waals surface area contributed by atoms with Gasteiger partial charge in [0.15, 0.2) is 14.1 Å². The van der Waals surface area contributed by atoms with Crippen LogP contribution in [-0.4, -0.2) is 45.4 Å². The molecule has 0 saturated carbocycles. The Morgan fingerprint density at radius 3 is 1.51 bits per heavy atom. The molecule has 3 rings (SSSR count).